The zero-order valence-electron chi connectivity index (χ0n) is 17.4. The van der Waals surface area contributed by atoms with Gasteiger partial charge in [0, 0.05) is 5.56 Å². The number of carbonyl (C=O) groups is 3. The monoisotopic (exact) mass is 419 g/mol. The van der Waals surface area contributed by atoms with Gasteiger partial charge in [0.1, 0.15) is 11.8 Å². The fourth-order valence-electron chi connectivity index (χ4n) is 3.03. The van der Waals surface area contributed by atoms with E-state index in [4.69, 9.17) is 4.42 Å². The predicted molar refractivity (Wildman–Crippen MR) is 117 cm³/mol. The quantitative estimate of drug-likeness (QED) is 0.519. The molecule has 0 saturated heterocycles. The molecule has 0 radical (unpaired) electrons. The molecule has 1 aromatic heterocycles. The lowest BCUT2D eigenvalue weighted by molar-refractivity contribution is -0.124. The van der Waals surface area contributed by atoms with Crippen LogP contribution in [0.5, 0.6) is 0 Å². The smallest absolute Gasteiger partial charge is 0.255 e. The van der Waals surface area contributed by atoms with Gasteiger partial charge in [0.2, 0.25) is 5.91 Å². The maximum Gasteiger partial charge on any atom is 0.255 e. The average Bonchev–Trinajstić information content (AvgIpc) is 3.30. The molecule has 3 rings (SSSR count). The van der Waals surface area contributed by atoms with Crippen LogP contribution in [0.2, 0.25) is 0 Å². The van der Waals surface area contributed by atoms with Gasteiger partial charge in [-0.3, -0.25) is 14.4 Å². The van der Waals surface area contributed by atoms with Crippen LogP contribution >= 0.6 is 0 Å². The topological polar surface area (TPSA) is 100 Å². The third-order valence-electron chi connectivity index (χ3n) is 4.71. The lowest BCUT2D eigenvalue weighted by atomic mass is 10.0. The highest BCUT2D eigenvalue weighted by atomic mass is 16.3. The second-order valence-corrected chi connectivity index (χ2v) is 7.36. The van der Waals surface area contributed by atoms with Gasteiger partial charge in [-0.2, -0.15) is 0 Å². The van der Waals surface area contributed by atoms with Gasteiger partial charge < -0.3 is 20.4 Å². The van der Waals surface area contributed by atoms with Crippen molar-refractivity contribution >= 4 is 23.4 Å². The number of para-hydroxylation sites is 1. The van der Waals surface area contributed by atoms with E-state index in [1.807, 2.05) is 19.9 Å². The van der Waals surface area contributed by atoms with E-state index in [0.717, 1.165) is 0 Å². The van der Waals surface area contributed by atoms with Crippen LogP contribution < -0.4 is 16.0 Å². The number of nitrogens with one attached hydrogen (secondary N) is 3. The van der Waals surface area contributed by atoms with Gasteiger partial charge in [0.05, 0.1) is 24.1 Å². The van der Waals surface area contributed by atoms with Crippen LogP contribution in [0.4, 0.5) is 5.69 Å². The summed E-state index contributed by atoms with van der Waals surface area (Å²) in [5.41, 5.74) is 1.12. The maximum atomic E-state index is 13.0. The molecule has 1 atom stereocenters. The van der Waals surface area contributed by atoms with Crippen LogP contribution in [0.3, 0.4) is 0 Å². The van der Waals surface area contributed by atoms with Crippen molar-refractivity contribution in [1.29, 1.82) is 0 Å². The van der Waals surface area contributed by atoms with E-state index in [9.17, 15) is 14.4 Å². The fraction of sp³-hybridized carbons (Fsp3) is 0.208. The van der Waals surface area contributed by atoms with E-state index in [1.165, 1.54) is 6.26 Å². The SMILES string of the molecule is CC(C)C(NC(=O)c1ccccc1NC(=O)c1ccccc1)C(=O)NCc1ccco1. The molecule has 7 heteroatoms. The molecular weight excluding hydrogens is 394 g/mol. The van der Waals surface area contributed by atoms with Crippen LogP contribution in [-0.2, 0) is 11.3 Å². The van der Waals surface area contributed by atoms with Crippen molar-refractivity contribution in [2.24, 2.45) is 5.92 Å². The highest BCUT2D eigenvalue weighted by Crippen LogP contribution is 2.17. The number of hydrogen-bond donors (Lipinski definition) is 3. The minimum atomic E-state index is -0.750. The first-order chi connectivity index (χ1) is 15.0. The second-order valence-electron chi connectivity index (χ2n) is 7.36. The predicted octanol–water partition coefficient (Wildman–Crippen LogP) is 3.60. The van der Waals surface area contributed by atoms with Crippen LogP contribution in [0.1, 0.15) is 40.3 Å². The standard InChI is InChI=1S/C24H25N3O4/c1-16(2)21(24(30)25-15-18-11-8-14-31-18)27-23(29)19-12-6-7-13-20(19)26-22(28)17-9-4-3-5-10-17/h3-14,16,21H,15H2,1-2H3,(H,25,30)(H,26,28)(H,27,29). The van der Waals surface area contributed by atoms with Gasteiger partial charge in [0.25, 0.3) is 11.8 Å². The Hall–Kier alpha value is -3.87. The van der Waals surface area contributed by atoms with Crippen molar-refractivity contribution in [2.45, 2.75) is 26.4 Å². The first kappa shape index (κ1) is 21.8. The van der Waals surface area contributed by atoms with Gasteiger partial charge >= 0.3 is 0 Å². The molecule has 1 heterocycles. The highest BCUT2D eigenvalue weighted by Gasteiger charge is 2.26. The summed E-state index contributed by atoms with van der Waals surface area (Å²) in [7, 11) is 0. The van der Waals surface area contributed by atoms with Gasteiger partial charge in [-0.15, -0.1) is 0 Å². The summed E-state index contributed by atoms with van der Waals surface area (Å²) in [6.07, 6.45) is 1.53. The molecule has 0 bridgehead atoms. The van der Waals surface area contributed by atoms with Crippen LogP contribution in [0, 0.1) is 5.92 Å². The Balaban J connectivity index is 1.70. The Labute approximate surface area is 180 Å². The zero-order chi connectivity index (χ0) is 22.2. The number of rotatable bonds is 8. The van der Waals surface area contributed by atoms with Crippen LogP contribution in [0.25, 0.3) is 0 Å². The van der Waals surface area contributed by atoms with Crippen LogP contribution in [0.15, 0.2) is 77.4 Å². The van der Waals surface area contributed by atoms with Crippen molar-refractivity contribution in [3.63, 3.8) is 0 Å². The third-order valence-corrected chi connectivity index (χ3v) is 4.71. The summed E-state index contributed by atoms with van der Waals surface area (Å²) >= 11 is 0. The first-order valence-electron chi connectivity index (χ1n) is 10.0. The van der Waals surface area contributed by atoms with Crippen molar-refractivity contribution in [1.82, 2.24) is 10.6 Å². The molecule has 3 amide bonds. The molecule has 0 fully saturated rings. The molecule has 0 spiro atoms. The molecule has 0 aliphatic heterocycles. The average molecular weight is 419 g/mol. The summed E-state index contributed by atoms with van der Waals surface area (Å²) in [4.78, 5) is 38.1. The summed E-state index contributed by atoms with van der Waals surface area (Å²) in [5, 5.41) is 8.33. The first-order valence-corrected chi connectivity index (χ1v) is 10.0. The number of furan rings is 1. The second kappa shape index (κ2) is 10.2. The molecule has 160 valence electrons. The van der Waals surface area contributed by atoms with Crippen LogP contribution in [-0.4, -0.2) is 23.8 Å². The third kappa shape index (κ3) is 5.82. The van der Waals surface area contributed by atoms with E-state index in [0.29, 0.717) is 17.0 Å². The minimum absolute atomic E-state index is 0.147. The van der Waals surface area contributed by atoms with Crippen molar-refractivity contribution in [3.8, 4) is 0 Å². The molecular formula is C24H25N3O4. The number of hydrogen-bond acceptors (Lipinski definition) is 4. The number of carbonyl (C=O) groups excluding carboxylic acids is 3. The van der Waals surface area contributed by atoms with Gasteiger partial charge in [-0.1, -0.05) is 44.2 Å². The maximum absolute atomic E-state index is 13.0. The van der Waals surface area contributed by atoms with E-state index < -0.39 is 11.9 Å². The Morgan fingerprint density at radius 2 is 1.58 bits per heavy atom. The Bertz CT molecular complexity index is 1030. The molecule has 0 aliphatic carbocycles. The van der Waals surface area contributed by atoms with E-state index in [1.54, 1.807) is 60.7 Å². The van der Waals surface area contributed by atoms with Crippen molar-refractivity contribution in [2.75, 3.05) is 5.32 Å². The van der Waals surface area contributed by atoms with Gasteiger partial charge in [0.15, 0.2) is 0 Å². The molecule has 3 aromatic rings. The van der Waals surface area contributed by atoms with Crippen molar-refractivity contribution in [3.05, 3.63) is 89.9 Å². The molecule has 0 aliphatic rings. The summed E-state index contributed by atoms with van der Waals surface area (Å²) < 4.78 is 5.22. The summed E-state index contributed by atoms with van der Waals surface area (Å²) in [6, 6.07) is 18.2. The molecule has 31 heavy (non-hydrogen) atoms. The summed E-state index contributed by atoms with van der Waals surface area (Å²) in [5.74, 6) is -0.610. The fourth-order valence-corrected chi connectivity index (χ4v) is 3.03. The zero-order valence-corrected chi connectivity index (χ0v) is 17.4. The largest absolute Gasteiger partial charge is 0.467 e. The highest BCUT2D eigenvalue weighted by molar-refractivity contribution is 6.09. The lowest BCUT2D eigenvalue weighted by Gasteiger charge is -2.22. The van der Waals surface area contributed by atoms with Crippen molar-refractivity contribution < 1.29 is 18.8 Å². The molecule has 3 N–H and O–H groups in total. The van der Waals surface area contributed by atoms with Gasteiger partial charge in [-0.05, 0) is 42.3 Å². The Morgan fingerprint density at radius 3 is 2.26 bits per heavy atom. The van der Waals surface area contributed by atoms with E-state index >= 15 is 0 Å². The number of amides is 3. The minimum Gasteiger partial charge on any atom is -0.467 e. The molecule has 2 aromatic carbocycles. The Kier molecular flexibility index (Phi) is 7.22. The van der Waals surface area contributed by atoms with E-state index in [2.05, 4.69) is 16.0 Å². The Morgan fingerprint density at radius 1 is 0.871 bits per heavy atom. The molecule has 0 saturated carbocycles. The van der Waals surface area contributed by atoms with Gasteiger partial charge in [-0.25, -0.2) is 0 Å². The molecule has 1 unspecified atom stereocenters. The number of anilines is 1. The molecule has 7 nitrogen and oxygen atoms in total. The number of benzene rings is 2. The summed E-state index contributed by atoms with van der Waals surface area (Å²) in [6.45, 7) is 3.93. The lowest BCUT2D eigenvalue weighted by Crippen LogP contribution is -2.49. The normalized spacial score (nSPS) is 11.6. The van der Waals surface area contributed by atoms with E-state index in [-0.39, 0.29) is 29.8 Å².